The molecule has 2 unspecified atom stereocenters. The predicted octanol–water partition coefficient (Wildman–Crippen LogP) is 12.3. The van der Waals surface area contributed by atoms with Crippen LogP contribution in [0.3, 0.4) is 0 Å². The molecule has 11 aromatic rings. The maximum absolute atomic E-state index is 13.7. The molecule has 56 heavy (non-hydrogen) atoms. The van der Waals surface area contributed by atoms with Gasteiger partial charge in [-0.1, -0.05) is 146 Å². The zero-order valence-corrected chi connectivity index (χ0v) is 30.0. The Kier molecular flexibility index (Phi) is 6.32. The van der Waals surface area contributed by atoms with E-state index in [2.05, 4.69) is 66.7 Å². The van der Waals surface area contributed by atoms with Crippen molar-refractivity contribution < 1.29 is 19.0 Å². The minimum atomic E-state index is -1.65. The van der Waals surface area contributed by atoms with Gasteiger partial charge in [0.1, 0.15) is 33.5 Å². The fraction of sp³-hybridized carbons (Fsp3) is 0.0385. The number of aliphatic hydroxyl groups is 2. The minimum absolute atomic E-state index is 0.581. The summed E-state index contributed by atoms with van der Waals surface area (Å²) in [4.78, 5) is 0. The average molecular weight is 721 g/mol. The van der Waals surface area contributed by atoms with Gasteiger partial charge in [-0.25, -0.2) is 0 Å². The third-order valence-corrected chi connectivity index (χ3v) is 12.1. The highest BCUT2D eigenvalue weighted by molar-refractivity contribution is 6.22. The van der Waals surface area contributed by atoms with E-state index in [4.69, 9.17) is 8.83 Å². The van der Waals surface area contributed by atoms with Crippen LogP contribution < -0.4 is 0 Å². The van der Waals surface area contributed by atoms with Crippen LogP contribution in [0.25, 0.3) is 76.5 Å². The molecule has 2 atom stereocenters. The smallest absolute Gasteiger partial charge is 0.147 e. The lowest BCUT2D eigenvalue weighted by Gasteiger charge is -2.45. The summed E-state index contributed by atoms with van der Waals surface area (Å²) in [5, 5.41) is 35.4. The van der Waals surface area contributed by atoms with E-state index in [1.54, 1.807) is 0 Å². The topological polar surface area (TPSA) is 66.7 Å². The monoisotopic (exact) mass is 720 g/mol. The largest absolute Gasteiger partial charge is 0.455 e. The summed E-state index contributed by atoms with van der Waals surface area (Å²) >= 11 is 0. The number of hydrogen-bond donors (Lipinski definition) is 2. The standard InChI is InChI=1S/C52H32O4/c53-51(36-24-21-31-11-1-3-13-33(31)27-36)42-17-7-8-18-43(42)52(54,37-25-22-32-12-2-4-14-34(32)28-37)45-29-35(23-26-44(45)51)48-49-40(38-15-5-9-19-46(38)55-49)30-41-39-16-6-10-20-47(39)56-50(41)48/h1-30,53-54H. The van der Waals surface area contributed by atoms with Crippen molar-refractivity contribution in [2.75, 3.05) is 0 Å². The molecule has 0 spiro atoms. The summed E-state index contributed by atoms with van der Waals surface area (Å²) in [6, 6.07) is 60.8. The summed E-state index contributed by atoms with van der Waals surface area (Å²) in [6.45, 7) is 0. The highest BCUT2D eigenvalue weighted by Crippen LogP contribution is 2.55. The maximum Gasteiger partial charge on any atom is 0.147 e. The van der Waals surface area contributed by atoms with Crippen molar-refractivity contribution >= 4 is 65.4 Å². The summed E-state index contributed by atoms with van der Waals surface area (Å²) in [7, 11) is 0. The van der Waals surface area contributed by atoms with Crippen molar-refractivity contribution in [3.63, 3.8) is 0 Å². The normalized spacial score (nSPS) is 18.0. The van der Waals surface area contributed by atoms with E-state index in [9.17, 15) is 10.2 Å². The average Bonchev–Trinajstić information content (AvgIpc) is 3.82. The van der Waals surface area contributed by atoms with Gasteiger partial charge in [0.05, 0.1) is 5.56 Å². The predicted molar refractivity (Wildman–Crippen MR) is 225 cm³/mol. The van der Waals surface area contributed by atoms with E-state index >= 15 is 0 Å². The lowest BCUT2D eigenvalue weighted by atomic mass is 9.63. The van der Waals surface area contributed by atoms with Crippen molar-refractivity contribution in [2.45, 2.75) is 11.2 Å². The summed E-state index contributed by atoms with van der Waals surface area (Å²) < 4.78 is 13.4. The van der Waals surface area contributed by atoms with E-state index in [-0.39, 0.29) is 0 Å². The van der Waals surface area contributed by atoms with Crippen molar-refractivity contribution in [3.05, 3.63) is 215 Å². The Morgan fingerprint density at radius 3 is 1.34 bits per heavy atom. The third-order valence-electron chi connectivity index (χ3n) is 12.1. The van der Waals surface area contributed by atoms with E-state index in [1.165, 1.54) is 0 Å². The second-order valence-corrected chi connectivity index (χ2v) is 15.1. The van der Waals surface area contributed by atoms with Gasteiger partial charge in [-0.15, -0.1) is 0 Å². The molecule has 2 N–H and O–H groups in total. The molecule has 264 valence electrons. The highest BCUT2D eigenvalue weighted by atomic mass is 16.3. The first-order valence-corrected chi connectivity index (χ1v) is 18.9. The van der Waals surface area contributed by atoms with Gasteiger partial charge in [0.15, 0.2) is 0 Å². The molecule has 2 aromatic heterocycles. The Labute approximate surface area is 321 Å². The first kappa shape index (κ1) is 31.4. The summed E-state index contributed by atoms with van der Waals surface area (Å²) in [5.74, 6) is 0. The Bertz CT molecular complexity index is 3330. The second kappa shape index (κ2) is 11.3. The zero-order chi connectivity index (χ0) is 37.2. The van der Waals surface area contributed by atoms with Gasteiger partial charge in [0, 0.05) is 21.5 Å². The first-order chi connectivity index (χ1) is 27.5. The number of hydrogen-bond acceptors (Lipinski definition) is 4. The summed E-state index contributed by atoms with van der Waals surface area (Å²) in [5.41, 5.74) is 5.17. The molecule has 2 heterocycles. The van der Waals surface area contributed by atoms with E-state index in [0.717, 1.165) is 70.9 Å². The molecule has 0 bridgehead atoms. The Hall–Kier alpha value is -6.98. The van der Waals surface area contributed by atoms with Gasteiger partial charge >= 0.3 is 0 Å². The van der Waals surface area contributed by atoms with Gasteiger partial charge in [-0.2, -0.15) is 0 Å². The van der Waals surface area contributed by atoms with Crippen LogP contribution in [0.5, 0.6) is 0 Å². The molecule has 0 aliphatic heterocycles. The van der Waals surface area contributed by atoms with Crippen LogP contribution in [0.4, 0.5) is 0 Å². The molecule has 0 fully saturated rings. The molecule has 1 aliphatic rings. The van der Waals surface area contributed by atoms with Crippen molar-refractivity contribution in [1.29, 1.82) is 0 Å². The van der Waals surface area contributed by atoms with Crippen LogP contribution in [-0.4, -0.2) is 10.2 Å². The van der Waals surface area contributed by atoms with Crippen LogP contribution in [0.15, 0.2) is 191 Å². The molecule has 4 nitrogen and oxygen atoms in total. The molecule has 0 saturated heterocycles. The van der Waals surface area contributed by atoms with Gasteiger partial charge in [-0.3, -0.25) is 0 Å². The Balaban J connectivity index is 1.21. The number of fused-ring (bicyclic) bond motifs is 10. The lowest BCUT2D eigenvalue weighted by Crippen LogP contribution is -2.44. The van der Waals surface area contributed by atoms with E-state index < -0.39 is 11.2 Å². The Morgan fingerprint density at radius 2 is 0.786 bits per heavy atom. The van der Waals surface area contributed by atoms with Gasteiger partial charge in [-0.05, 0) is 96.9 Å². The molecular weight excluding hydrogens is 689 g/mol. The zero-order valence-electron chi connectivity index (χ0n) is 30.0. The number of furan rings is 2. The fourth-order valence-electron chi connectivity index (χ4n) is 9.47. The molecule has 4 heteroatoms. The third kappa shape index (κ3) is 4.14. The number of benzene rings is 9. The van der Waals surface area contributed by atoms with Crippen molar-refractivity contribution in [3.8, 4) is 11.1 Å². The quantitative estimate of drug-likeness (QED) is 0.191. The highest BCUT2D eigenvalue weighted by Gasteiger charge is 2.51. The van der Waals surface area contributed by atoms with Crippen LogP contribution in [0, 0.1) is 0 Å². The van der Waals surface area contributed by atoms with Gasteiger partial charge in [0.25, 0.3) is 0 Å². The second-order valence-electron chi connectivity index (χ2n) is 15.1. The van der Waals surface area contributed by atoms with Crippen LogP contribution >= 0.6 is 0 Å². The number of para-hydroxylation sites is 2. The Morgan fingerprint density at radius 1 is 0.339 bits per heavy atom. The maximum atomic E-state index is 13.7. The van der Waals surface area contributed by atoms with Crippen LogP contribution in [-0.2, 0) is 11.2 Å². The minimum Gasteiger partial charge on any atom is -0.455 e. The van der Waals surface area contributed by atoms with Gasteiger partial charge in [0.2, 0.25) is 0 Å². The molecule has 0 saturated carbocycles. The molecule has 9 aromatic carbocycles. The van der Waals surface area contributed by atoms with E-state index in [1.807, 2.05) is 115 Å². The van der Waals surface area contributed by atoms with Crippen molar-refractivity contribution in [2.24, 2.45) is 0 Å². The molecule has 0 amide bonds. The van der Waals surface area contributed by atoms with Crippen LogP contribution in [0.2, 0.25) is 0 Å². The van der Waals surface area contributed by atoms with Crippen LogP contribution in [0.1, 0.15) is 33.4 Å². The molecular formula is C52H32O4. The molecule has 0 radical (unpaired) electrons. The fourth-order valence-corrected chi connectivity index (χ4v) is 9.47. The number of rotatable bonds is 3. The summed E-state index contributed by atoms with van der Waals surface area (Å²) in [6.07, 6.45) is 0. The molecule has 1 aliphatic carbocycles. The lowest BCUT2D eigenvalue weighted by molar-refractivity contribution is 0.0750. The van der Waals surface area contributed by atoms with Crippen molar-refractivity contribution in [1.82, 2.24) is 0 Å². The molecule has 12 rings (SSSR count). The first-order valence-electron chi connectivity index (χ1n) is 18.9. The van der Waals surface area contributed by atoms with Gasteiger partial charge < -0.3 is 19.0 Å². The SMILES string of the molecule is OC1(c2ccc3ccccc3c2)c2ccccc2C(O)(c2ccc3ccccc3c2)c2cc(-c3c4oc5ccccc5c4cc4c3oc3ccccc34)ccc21. The van der Waals surface area contributed by atoms with E-state index in [0.29, 0.717) is 39.0 Å².